The fourth-order valence-electron chi connectivity index (χ4n) is 1.43. The Kier molecular flexibility index (Phi) is 5.96. The lowest BCUT2D eigenvalue weighted by molar-refractivity contribution is -0.120. The molecule has 0 radical (unpaired) electrons. The summed E-state index contributed by atoms with van der Waals surface area (Å²) in [4.78, 5) is 13.4. The first kappa shape index (κ1) is 13.6. The van der Waals surface area contributed by atoms with Crippen molar-refractivity contribution in [3.05, 3.63) is 0 Å². The van der Waals surface area contributed by atoms with Crippen LogP contribution in [0.3, 0.4) is 0 Å². The first-order valence-corrected chi connectivity index (χ1v) is 5.35. The number of carbonyl (C=O) groups excluding carboxylic acids is 1. The number of hydrogen-bond donors (Lipinski definition) is 1. The summed E-state index contributed by atoms with van der Waals surface area (Å²) >= 11 is 0. The summed E-state index contributed by atoms with van der Waals surface area (Å²) in [6.45, 7) is 9.36. The summed E-state index contributed by atoms with van der Waals surface area (Å²) in [6, 6.07) is 0. The first-order chi connectivity index (χ1) is 6.39. The van der Waals surface area contributed by atoms with E-state index in [0.717, 1.165) is 13.0 Å². The van der Waals surface area contributed by atoms with Gasteiger partial charge in [0.1, 0.15) is 5.78 Å². The molecule has 0 fully saturated rings. The summed E-state index contributed by atoms with van der Waals surface area (Å²) in [5, 5.41) is 9.61. The molecule has 0 aliphatic carbocycles. The number of hydrogen-bond acceptors (Lipinski definition) is 3. The molecule has 0 heterocycles. The molecule has 1 N–H and O–H groups in total. The second-order valence-electron chi connectivity index (χ2n) is 4.40. The SMILES string of the molecule is CCCC(=O)CN(CC)CC(C)(C)O. The highest BCUT2D eigenvalue weighted by molar-refractivity contribution is 5.80. The van der Waals surface area contributed by atoms with E-state index in [2.05, 4.69) is 0 Å². The van der Waals surface area contributed by atoms with Gasteiger partial charge >= 0.3 is 0 Å². The molecule has 0 bridgehead atoms. The van der Waals surface area contributed by atoms with Gasteiger partial charge in [-0.05, 0) is 26.8 Å². The van der Waals surface area contributed by atoms with Crippen molar-refractivity contribution in [2.24, 2.45) is 0 Å². The largest absolute Gasteiger partial charge is 0.389 e. The van der Waals surface area contributed by atoms with Crippen molar-refractivity contribution in [2.45, 2.75) is 46.1 Å². The van der Waals surface area contributed by atoms with Gasteiger partial charge in [-0.3, -0.25) is 9.69 Å². The highest BCUT2D eigenvalue weighted by atomic mass is 16.3. The molecule has 0 aromatic rings. The van der Waals surface area contributed by atoms with Crippen LogP contribution in [0.2, 0.25) is 0 Å². The van der Waals surface area contributed by atoms with E-state index < -0.39 is 5.60 Å². The molecule has 0 aliphatic heterocycles. The van der Waals surface area contributed by atoms with Crippen LogP contribution in [-0.4, -0.2) is 41.0 Å². The number of Topliss-reactive ketones (excluding diaryl/α,β-unsaturated/α-hetero) is 1. The monoisotopic (exact) mass is 201 g/mol. The van der Waals surface area contributed by atoms with Gasteiger partial charge in [-0.15, -0.1) is 0 Å². The minimum absolute atomic E-state index is 0.263. The third-order valence-corrected chi connectivity index (χ3v) is 1.99. The van der Waals surface area contributed by atoms with Crippen LogP contribution in [0.1, 0.15) is 40.5 Å². The summed E-state index contributed by atoms with van der Waals surface area (Å²) in [6.07, 6.45) is 1.54. The minimum Gasteiger partial charge on any atom is -0.389 e. The zero-order valence-corrected chi connectivity index (χ0v) is 9.84. The molecule has 0 aliphatic rings. The Bertz CT molecular complexity index is 173. The second-order valence-corrected chi connectivity index (χ2v) is 4.40. The van der Waals surface area contributed by atoms with Gasteiger partial charge in [0.15, 0.2) is 0 Å². The Morgan fingerprint density at radius 2 is 1.93 bits per heavy atom. The van der Waals surface area contributed by atoms with E-state index in [1.54, 1.807) is 13.8 Å². The fraction of sp³-hybridized carbons (Fsp3) is 0.909. The van der Waals surface area contributed by atoms with Gasteiger partial charge < -0.3 is 5.11 Å². The van der Waals surface area contributed by atoms with Crippen LogP contribution in [0.15, 0.2) is 0 Å². The Morgan fingerprint density at radius 1 is 1.36 bits per heavy atom. The Hall–Kier alpha value is -0.410. The molecule has 0 rings (SSSR count). The van der Waals surface area contributed by atoms with Crippen LogP contribution in [0.4, 0.5) is 0 Å². The van der Waals surface area contributed by atoms with Crippen molar-refractivity contribution in [3.8, 4) is 0 Å². The zero-order valence-electron chi connectivity index (χ0n) is 9.84. The van der Waals surface area contributed by atoms with Crippen LogP contribution >= 0.6 is 0 Å². The molecule has 0 aromatic carbocycles. The minimum atomic E-state index is -0.720. The number of ketones is 1. The van der Waals surface area contributed by atoms with Gasteiger partial charge in [-0.25, -0.2) is 0 Å². The van der Waals surface area contributed by atoms with Crippen molar-refractivity contribution < 1.29 is 9.90 Å². The third-order valence-electron chi connectivity index (χ3n) is 1.99. The predicted molar refractivity (Wildman–Crippen MR) is 58.3 cm³/mol. The van der Waals surface area contributed by atoms with E-state index in [4.69, 9.17) is 0 Å². The van der Waals surface area contributed by atoms with Gasteiger partial charge in [-0.1, -0.05) is 13.8 Å². The van der Waals surface area contributed by atoms with Gasteiger partial charge in [0.25, 0.3) is 0 Å². The first-order valence-electron chi connectivity index (χ1n) is 5.35. The summed E-state index contributed by atoms with van der Waals surface area (Å²) in [5.41, 5.74) is -0.720. The standard InChI is InChI=1S/C11H23NO2/c1-5-7-10(13)8-12(6-2)9-11(3,4)14/h14H,5-9H2,1-4H3. The van der Waals surface area contributed by atoms with E-state index in [1.165, 1.54) is 0 Å². The fourth-order valence-corrected chi connectivity index (χ4v) is 1.43. The van der Waals surface area contributed by atoms with Crippen LogP contribution in [0.5, 0.6) is 0 Å². The highest BCUT2D eigenvalue weighted by Gasteiger charge is 2.18. The zero-order chi connectivity index (χ0) is 11.2. The average Bonchev–Trinajstić information content (AvgIpc) is 2.01. The maximum absolute atomic E-state index is 11.4. The normalized spacial score (nSPS) is 12.1. The molecule has 0 saturated carbocycles. The van der Waals surface area contributed by atoms with Gasteiger partial charge in [0.05, 0.1) is 12.1 Å². The van der Waals surface area contributed by atoms with E-state index in [-0.39, 0.29) is 5.78 Å². The maximum atomic E-state index is 11.4. The second kappa shape index (κ2) is 6.14. The van der Waals surface area contributed by atoms with E-state index >= 15 is 0 Å². The lowest BCUT2D eigenvalue weighted by Crippen LogP contribution is -2.41. The van der Waals surface area contributed by atoms with Crippen molar-refractivity contribution in [2.75, 3.05) is 19.6 Å². The topological polar surface area (TPSA) is 40.5 Å². The van der Waals surface area contributed by atoms with E-state index in [9.17, 15) is 9.90 Å². The lowest BCUT2D eigenvalue weighted by atomic mass is 10.1. The Balaban J connectivity index is 3.97. The molecular weight excluding hydrogens is 178 g/mol. The van der Waals surface area contributed by atoms with Crippen LogP contribution in [0, 0.1) is 0 Å². The van der Waals surface area contributed by atoms with Gasteiger partial charge in [-0.2, -0.15) is 0 Å². The molecule has 0 atom stereocenters. The quantitative estimate of drug-likeness (QED) is 0.677. The highest BCUT2D eigenvalue weighted by Crippen LogP contribution is 2.05. The molecule has 0 saturated heterocycles. The van der Waals surface area contributed by atoms with Crippen molar-refractivity contribution in [1.29, 1.82) is 0 Å². The molecule has 0 amide bonds. The van der Waals surface area contributed by atoms with Crippen LogP contribution < -0.4 is 0 Å². The molecule has 0 aromatic heterocycles. The molecule has 84 valence electrons. The number of nitrogens with zero attached hydrogens (tertiary/aromatic N) is 1. The number of rotatable bonds is 7. The van der Waals surface area contributed by atoms with E-state index in [1.807, 2.05) is 18.7 Å². The molecule has 3 nitrogen and oxygen atoms in total. The number of aliphatic hydroxyl groups is 1. The smallest absolute Gasteiger partial charge is 0.146 e. The molecular formula is C11H23NO2. The van der Waals surface area contributed by atoms with Gasteiger partial charge in [0, 0.05) is 13.0 Å². The molecule has 0 unspecified atom stereocenters. The third kappa shape index (κ3) is 7.04. The summed E-state index contributed by atoms with van der Waals surface area (Å²) < 4.78 is 0. The van der Waals surface area contributed by atoms with Crippen LogP contribution in [0.25, 0.3) is 0 Å². The summed E-state index contributed by atoms with van der Waals surface area (Å²) in [7, 11) is 0. The lowest BCUT2D eigenvalue weighted by Gasteiger charge is -2.27. The van der Waals surface area contributed by atoms with Crippen molar-refractivity contribution in [3.63, 3.8) is 0 Å². The number of likely N-dealkylation sites (N-methyl/N-ethyl adjacent to an activating group) is 1. The van der Waals surface area contributed by atoms with Gasteiger partial charge in [0.2, 0.25) is 0 Å². The average molecular weight is 201 g/mol. The van der Waals surface area contributed by atoms with Crippen LogP contribution in [-0.2, 0) is 4.79 Å². The van der Waals surface area contributed by atoms with Crippen molar-refractivity contribution in [1.82, 2.24) is 4.90 Å². The Morgan fingerprint density at radius 3 is 2.29 bits per heavy atom. The molecule has 0 spiro atoms. The molecule has 3 heteroatoms. The number of carbonyl (C=O) groups is 1. The predicted octanol–water partition coefficient (Wildman–Crippen LogP) is 1.45. The molecule has 14 heavy (non-hydrogen) atoms. The Labute approximate surface area is 87.1 Å². The van der Waals surface area contributed by atoms with E-state index in [0.29, 0.717) is 19.5 Å². The summed E-state index contributed by atoms with van der Waals surface area (Å²) in [5.74, 6) is 0.263. The van der Waals surface area contributed by atoms with Crippen molar-refractivity contribution >= 4 is 5.78 Å². The maximum Gasteiger partial charge on any atom is 0.146 e.